The van der Waals surface area contributed by atoms with Gasteiger partial charge in [-0.25, -0.2) is 9.67 Å². The van der Waals surface area contributed by atoms with Gasteiger partial charge in [0.25, 0.3) is 0 Å². The van der Waals surface area contributed by atoms with Crippen molar-refractivity contribution in [2.24, 2.45) is 10.9 Å². The Labute approximate surface area is 179 Å². The summed E-state index contributed by atoms with van der Waals surface area (Å²) in [6, 6.07) is 10.5. The summed E-state index contributed by atoms with van der Waals surface area (Å²) >= 11 is 0. The van der Waals surface area contributed by atoms with E-state index in [0.29, 0.717) is 24.5 Å². The Morgan fingerprint density at radius 3 is 2.70 bits per heavy atom. The van der Waals surface area contributed by atoms with Crippen LogP contribution in [-0.4, -0.2) is 53.2 Å². The molecule has 7 nitrogen and oxygen atoms in total. The maximum absolute atomic E-state index is 12.1. The number of aryl methyl sites for hydroxylation is 1. The van der Waals surface area contributed by atoms with Crippen LogP contribution < -0.4 is 10.6 Å². The van der Waals surface area contributed by atoms with Gasteiger partial charge >= 0.3 is 0 Å². The lowest BCUT2D eigenvalue weighted by atomic mass is 9.86. The van der Waals surface area contributed by atoms with E-state index in [0.717, 1.165) is 23.4 Å². The minimum absolute atomic E-state index is 0.0219. The highest BCUT2D eigenvalue weighted by atomic mass is 16.2. The van der Waals surface area contributed by atoms with Gasteiger partial charge in [-0.2, -0.15) is 5.10 Å². The SMILES string of the molecule is Cc1ccn(-c2ccccc2CN=C(NCC(=O)N(C)C)NC2CCCCC2C)n1. The molecule has 3 rings (SSSR count). The van der Waals surface area contributed by atoms with Crippen molar-refractivity contribution in [1.29, 1.82) is 0 Å². The molecule has 0 spiro atoms. The Hall–Kier alpha value is -2.83. The van der Waals surface area contributed by atoms with Gasteiger partial charge in [-0.3, -0.25) is 4.79 Å². The van der Waals surface area contributed by atoms with Crippen molar-refractivity contribution in [2.45, 2.75) is 52.1 Å². The van der Waals surface area contributed by atoms with Crippen molar-refractivity contribution in [3.05, 3.63) is 47.8 Å². The number of hydrogen-bond donors (Lipinski definition) is 2. The van der Waals surface area contributed by atoms with Gasteiger partial charge in [0.05, 0.1) is 24.5 Å². The van der Waals surface area contributed by atoms with Crippen LogP contribution >= 0.6 is 0 Å². The summed E-state index contributed by atoms with van der Waals surface area (Å²) in [6.45, 7) is 4.99. The molecule has 0 saturated heterocycles. The predicted molar refractivity (Wildman–Crippen MR) is 121 cm³/mol. The van der Waals surface area contributed by atoms with Crippen molar-refractivity contribution in [1.82, 2.24) is 25.3 Å². The van der Waals surface area contributed by atoms with E-state index in [1.165, 1.54) is 19.3 Å². The summed E-state index contributed by atoms with van der Waals surface area (Å²) in [4.78, 5) is 18.5. The second-order valence-corrected chi connectivity index (χ2v) is 8.35. The maximum Gasteiger partial charge on any atom is 0.241 e. The number of carbonyl (C=O) groups excluding carboxylic acids is 1. The van der Waals surface area contributed by atoms with Gasteiger partial charge in [0.2, 0.25) is 5.91 Å². The minimum atomic E-state index is 0.0219. The number of amides is 1. The van der Waals surface area contributed by atoms with Crippen LogP contribution in [0.3, 0.4) is 0 Å². The van der Waals surface area contributed by atoms with Crippen LogP contribution in [0, 0.1) is 12.8 Å². The topological polar surface area (TPSA) is 74.6 Å². The van der Waals surface area contributed by atoms with E-state index in [2.05, 4.69) is 34.8 Å². The molecule has 30 heavy (non-hydrogen) atoms. The number of benzene rings is 1. The number of nitrogens with one attached hydrogen (secondary N) is 2. The Morgan fingerprint density at radius 2 is 2.00 bits per heavy atom. The van der Waals surface area contributed by atoms with Crippen LogP contribution in [0.2, 0.25) is 0 Å². The molecule has 2 N–H and O–H groups in total. The van der Waals surface area contributed by atoms with Gasteiger partial charge in [-0.05, 0) is 43.4 Å². The van der Waals surface area contributed by atoms with E-state index < -0.39 is 0 Å². The van der Waals surface area contributed by atoms with E-state index in [-0.39, 0.29) is 12.5 Å². The second kappa shape index (κ2) is 10.3. The van der Waals surface area contributed by atoms with Crippen LogP contribution in [0.15, 0.2) is 41.5 Å². The first-order valence-electron chi connectivity index (χ1n) is 10.8. The number of guanidine groups is 1. The quantitative estimate of drug-likeness (QED) is 0.567. The lowest BCUT2D eigenvalue weighted by Gasteiger charge is -2.31. The number of rotatable bonds is 6. The smallest absolute Gasteiger partial charge is 0.241 e. The predicted octanol–water partition coefficient (Wildman–Crippen LogP) is 2.88. The molecule has 0 aliphatic heterocycles. The van der Waals surface area contributed by atoms with Gasteiger partial charge < -0.3 is 15.5 Å². The standard InChI is InChI=1S/C23H34N6O/c1-17-9-5-7-11-20(17)26-23(25-16-22(30)28(3)4)24-15-19-10-6-8-12-21(19)29-14-13-18(2)27-29/h6,8,10,12-14,17,20H,5,7,9,11,15-16H2,1-4H3,(H2,24,25,26). The third-order valence-electron chi connectivity index (χ3n) is 5.71. The highest BCUT2D eigenvalue weighted by Gasteiger charge is 2.22. The number of para-hydroxylation sites is 1. The van der Waals surface area contributed by atoms with Crippen LogP contribution in [0.25, 0.3) is 5.69 Å². The molecule has 0 radical (unpaired) electrons. The van der Waals surface area contributed by atoms with Gasteiger partial charge in [0.1, 0.15) is 0 Å². The molecule has 1 aromatic heterocycles. The molecule has 2 aromatic rings. The Balaban J connectivity index is 1.78. The lowest BCUT2D eigenvalue weighted by molar-refractivity contribution is -0.127. The maximum atomic E-state index is 12.1. The normalized spacial score (nSPS) is 19.4. The molecule has 1 fully saturated rings. The minimum Gasteiger partial charge on any atom is -0.353 e. The molecule has 7 heteroatoms. The first kappa shape index (κ1) is 21.9. The van der Waals surface area contributed by atoms with Crippen LogP contribution in [-0.2, 0) is 11.3 Å². The molecular formula is C23H34N6O. The lowest BCUT2D eigenvalue weighted by Crippen LogP contribution is -2.49. The van der Waals surface area contributed by atoms with Gasteiger partial charge in [-0.15, -0.1) is 0 Å². The fourth-order valence-electron chi connectivity index (χ4n) is 3.76. The highest BCUT2D eigenvalue weighted by molar-refractivity contribution is 5.86. The van der Waals surface area contributed by atoms with Crippen LogP contribution in [0.5, 0.6) is 0 Å². The zero-order valence-corrected chi connectivity index (χ0v) is 18.6. The molecular weight excluding hydrogens is 376 g/mol. The third kappa shape index (κ3) is 5.84. The molecule has 1 saturated carbocycles. The average molecular weight is 411 g/mol. The molecule has 1 heterocycles. The number of likely N-dealkylation sites (N-methyl/N-ethyl adjacent to an activating group) is 1. The van der Waals surface area contributed by atoms with Crippen molar-refractivity contribution >= 4 is 11.9 Å². The molecule has 1 aliphatic rings. The van der Waals surface area contributed by atoms with Gasteiger partial charge in [-0.1, -0.05) is 38.0 Å². The zero-order chi connectivity index (χ0) is 21.5. The zero-order valence-electron chi connectivity index (χ0n) is 18.6. The Morgan fingerprint density at radius 1 is 1.23 bits per heavy atom. The van der Waals surface area contributed by atoms with Gasteiger partial charge in [0, 0.05) is 26.3 Å². The number of nitrogens with zero attached hydrogens (tertiary/aromatic N) is 4. The van der Waals surface area contributed by atoms with Crippen molar-refractivity contribution < 1.29 is 4.79 Å². The molecule has 2 atom stereocenters. The third-order valence-corrected chi connectivity index (χ3v) is 5.71. The van der Waals surface area contributed by atoms with Gasteiger partial charge in [0.15, 0.2) is 5.96 Å². The highest BCUT2D eigenvalue weighted by Crippen LogP contribution is 2.23. The van der Waals surface area contributed by atoms with E-state index in [1.54, 1.807) is 19.0 Å². The first-order chi connectivity index (χ1) is 14.4. The number of hydrogen-bond acceptors (Lipinski definition) is 3. The summed E-state index contributed by atoms with van der Waals surface area (Å²) < 4.78 is 1.89. The van der Waals surface area contributed by atoms with E-state index in [1.807, 2.05) is 36.0 Å². The molecule has 2 unspecified atom stereocenters. The molecule has 1 aromatic carbocycles. The summed E-state index contributed by atoms with van der Waals surface area (Å²) in [6.07, 6.45) is 6.84. The Bertz CT molecular complexity index is 872. The molecule has 162 valence electrons. The van der Waals surface area contributed by atoms with E-state index in [9.17, 15) is 4.79 Å². The second-order valence-electron chi connectivity index (χ2n) is 8.35. The summed E-state index contributed by atoms with van der Waals surface area (Å²) in [7, 11) is 3.53. The van der Waals surface area contributed by atoms with Crippen molar-refractivity contribution in [3.8, 4) is 5.69 Å². The summed E-state index contributed by atoms with van der Waals surface area (Å²) in [5, 5.41) is 11.3. The van der Waals surface area contributed by atoms with Crippen molar-refractivity contribution in [2.75, 3.05) is 20.6 Å². The largest absolute Gasteiger partial charge is 0.353 e. The summed E-state index contributed by atoms with van der Waals surface area (Å²) in [5.41, 5.74) is 3.08. The monoisotopic (exact) mass is 410 g/mol. The molecule has 1 amide bonds. The van der Waals surface area contributed by atoms with Crippen LogP contribution in [0.4, 0.5) is 0 Å². The fourth-order valence-corrected chi connectivity index (χ4v) is 3.76. The number of aliphatic imine (C=N–C) groups is 1. The van der Waals surface area contributed by atoms with Crippen LogP contribution in [0.1, 0.15) is 43.9 Å². The average Bonchev–Trinajstić information content (AvgIpc) is 3.17. The Kier molecular flexibility index (Phi) is 7.49. The number of carbonyl (C=O) groups is 1. The van der Waals surface area contributed by atoms with Crippen molar-refractivity contribution in [3.63, 3.8) is 0 Å². The van der Waals surface area contributed by atoms with E-state index in [4.69, 9.17) is 4.99 Å². The summed E-state index contributed by atoms with van der Waals surface area (Å²) in [5.74, 6) is 1.30. The fraction of sp³-hybridized carbons (Fsp3) is 0.522. The van der Waals surface area contributed by atoms with E-state index >= 15 is 0 Å². The molecule has 0 bridgehead atoms. The number of aromatic nitrogens is 2. The molecule has 1 aliphatic carbocycles. The first-order valence-corrected chi connectivity index (χ1v) is 10.8.